The van der Waals surface area contributed by atoms with E-state index in [2.05, 4.69) is 0 Å². The number of allylic oxidation sites excluding steroid dienone is 1. The number of benzene rings is 2. The van der Waals surface area contributed by atoms with Crippen molar-refractivity contribution in [2.75, 3.05) is 0 Å². The van der Waals surface area contributed by atoms with Crippen LogP contribution in [0.3, 0.4) is 0 Å². The fraction of sp³-hybridized carbons (Fsp3) is 0. The average Bonchev–Trinajstić information content (AvgIpc) is 2.38. The normalized spacial score (nSPS) is 10.7. The van der Waals surface area contributed by atoms with Crippen molar-refractivity contribution in [3.63, 3.8) is 0 Å². The molecule has 0 fully saturated rings. The molecule has 0 aliphatic rings. The molecule has 0 aliphatic carbocycles. The predicted octanol–water partition coefficient (Wildman–Crippen LogP) is 3.43. The lowest BCUT2D eigenvalue weighted by molar-refractivity contribution is 0.104. The summed E-state index contributed by atoms with van der Waals surface area (Å²) < 4.78 is 12.8. The smallest absolute Gasteiger partial charge is 0.185 e. The molecule has 0 radical (unpaired) electrons. The topological polar surface area (TPSA) is 37.3 Å². The maximum absolute atomic E-state index is 12.8. The third-order valence-corrected chi connectivity index (χ3v) is 2.47. The molecule has 1 N–H and O–H groups in total. The molecule has 2 rings (SSSR count). The van der Waals surface area contributed by atoms with Gasteiger partial charge in [0, 0.05) is 17.2 Å². The fourth-order valence-electron chi connectivity index (χ4n) is 1.52. The first-order valence-electron chi connectivity index (χ1n) is 5.43. The largest absolute Gasteiger partial charge is 0.507 e. The van der Waals surface area contributed by atoms with E-state index in [4.69, 9.17) is 0 Å². The molecule has 0 unspecified atom stereocenters. The number of hydrogen-bond donors (Lipinski definition) is 1. The summed E-state index contributed by atoms with van der Waals surface area (Å²) in [5.41, 5.74) is 0.969. The molecule has 0 saturated carbocycles. The van der Waals surface area contributed by atoms with Gasteiger partial charge in [0.25, 0.3) is 0 Å². The van der Waals surface area contributed by atoms with Crippen molar-refractivity contribution in [1.29, 1.82) is 0 Å². The van der Waals surface area contributed by atoms with Gasteiger partial charge in [-0.1, -0.05) is 30.3 Å². The molecule has 0 bridgehead atoms. The van der Waals surface area contributed by atoms with E-state index in [0.717, 1.165) is 6.07 Å². The van der Waals surface area contributed by atoms with Crippen LogP contribution in [0.4, 0.5) is 4.39 Å². The number of hydrogen-bond acceptors (Lipinski definition) is 2. The van der Waals surface area contributed by atoms with Crippen molar-refractivity contribution in [2.45, 2.75) is 0 Å². The van der Waals surface area contributed by atoms with Gasteiger partial charge in [-0.05, 0) is 24.3 Å². The molecule has 0 amide bonds. The second kappa shape index (κ2) is 5.27. The highest BCUT2D eigenvalue weighted by Gasteiger charge is 2.02. The highest BCUT2D eigenvalue weighted by molar-refractivity contribution is 6.06. The first kappa shape index (κ1) is 12.0. The van der Waals surface area contributed by atoms with E-state index < -0.39 is 5.82 Å². The zero-order chi connectivity index (χ0) is 13.0. The van der Waals surface area contributed by atoms with Gasteiger partial charge in [-0.15, -0.1) is 0 Å². The summed E-state index contributed by atoms with van der Waals surface area (Å²) in [5.74, 6) is -0.870. The number of halogens is 1. The zero-order valence-electron chi connectivity index (χ0n) is 9.51. The van der Waals surface area contributed by atoms with E-state index in [1.165, 1.54) is 24.3 Å². The first-order valence-corrected chi connectivity index (χ1v) is 5.43. The molecular formula is C15H11FO2. The van der Waals surface area contributed by atoms with Gasteiger partial charge in [-0.3, -0.25) is 4.79 Å². The molecular weight excluding hydrogens is 231 g/mol. The number of aromatic hydroxyl groups is 1. The Bertz CT molecular complexity index is 589. The Morgan fingerprint density at radius 3 is 2.50 bits per heavy atom. The highest BCUT2D eigenvalue weighted by Crippen LogP contribution is 2.19. The fourth-order valence-corrected chi connectivity index (χ4v) is 1.52. The standard InChI is InChI=1S/C15H11FO2/c16-13-8-6-12(15(18)10-13)7-9-14(17)11-4-2-1-3-5-11/h1-10,18H/b9-7+. The van der Waals surface area contributed by atoms with Gasteiger partial charge in [-0.25, -0.2) is 4.39 Å². The van der Waals surface area contributed by atoms with Gasteiger partial charge in [0.2, 0.25) is 0 Å². The van der Waals surface area contributed by atoms with Crippen molar-refractivity contribution in [3.05, 3.63) is 71.6 Å². The molecule has 2 aromatic rings. The summed E-state index contributed by atoms with van der Waals surface area (Å²) in [4.78, 5) is 11.8. The molecule has 90 valence electrons. The van der Waals surface area contributed by atoms with Crippen LogP contribution in [0.25, 0.3) is 6.08 Å². The SMILES string of the molecule is O=C(/C=C/c1ccc(F)cc1O)c1ccccc1. The van der Waals surface area contributed by atoms with E-state index in [9.17, 15) is 14.3 Å². The Labute approximate surface area is 104 Å². The Balaban J connectivity index is 2.19. The minimum Gasteiger partial charge on any atom is -0.507 e. The number of phenolic OH excluding ortho intramolecular Hbond substituents is 1. The van der Waals surface area contributed by atoms with Crippen LogP contribution in [0.2, 0.25) is 0 Å². The summed E-state index contributed by atoms with van der Waals surface area (Å²) in [7, 11) is 0. The lowest BCUT2D eigenvalue weighted by Crippen LogP contribution is -1.92. The summed E-state index contributed by atoms with van der Waals surface area (Å²) in [5, 5.41) is 9.47. The summed E-state index contributed by atoms with van der Waals surface area (Å²) in [6.45, 7) is 0. The van der Waals surface area contributed by atoms with Crippen LogP contribution in [-0.4, -0.2) is 10.9 Å². The number of phenols is 1. The molecule has 0 heterocycles. The first-order chi connectivity index (χ1) is 8.66. The van der Waals surface area contributed by atoms with Gasteiger partial charge < -0.3 is 5.11 Å². The maximum atomic E-state index is 12.8. The third kappa shape index (κ3) is 2.83. The van der Waals surface area contributed by atoms with Crippen molar-refractivity contribution in [1.82, 2.24) is 0 Å². The molecule has 0 aromatic heterocycles. The maximum Gasteiger partial charge on any atom is 0.185 e. The minimum absolute atomic E-state index is 0.167. The van der Waals surface area contributed by atoms with E-state index in [1.807, 2.05) is 6.07 Å². The Morgan fingerprint density at radius 2 is 1.83 bits per heavy atom. The number of rotatable bonds is 3. The average molecular weight is 242 g/mol. The van der Waals surface area contributed by atoms with E-state index >= 15 is 0 Å². The Morgan fingerprint density at radius 1 is 1.11 bits per heavy atom. The van der Waals surface area contributed by atoms with Crippen LogP contribution >= 0.6 is 0 Å². The summed E-state index contributed by atoms with van der Waals surface area (Å²) in [6, 6.07) is 12.4. The number of carbonyl (C=O) groups excluding carboxylic acids is 1. The molecule has 0 aliphatic heterocycles. The highest BCUT2D eigenvalue weighted by atomic mass is 19.1. The molecule has 0 atom stereocenters. The molecule has 2 aromatic carbocycles. The number of ketones is 1. The van der Waals surface area contributed by atoms with Crippen molar-refractivity contribution >= 4 is 11.9 Å². The monoisotopic (exact) mass is 242 g/mol. The van der Waals surface area contributed by atoms with E-state index in [0.29, 0.717) is 11.1 Å². The molecule has 0 spiro atoms. The van der Waals surface area contributed by atoms with Crippen molar-refractivity contribution in [3.8, 4) is 5.75 Å². The van der Waals surface area contributed by atoms with Crippen LogP contribution in [0, 0.1) is 5.82 Å². The van der Waals surface area contributed by atoms with Crippen LogP contribution < -0.4 is 0 Å². The Hall–Kier alpha value is -2.42. The van der Waals surface area contributed by atoms with Gasteiger partial charge in [0.05, 0.1) is 0 Å². The third-order valence-electron chi connectivity index (χ3n) is 2.47. The van der Waals surface area contributed by atoms with Crippen molar-refractivity contribution < 1.29 is 14.3 Å². The van der Waals surface area contributed by atoms with Crippen LogP contribution in [0.15, 0.2) is 54.6 Å². The van der Waals surface area contributed by atoms with Gasteiger partial charge in [0.1, 0.15) is 11.6 Å². The predicted molar refractivity (Wildman–Crippen MR) is 67.9 cm³/mol. The van der Waals surface area contributed by atoms with E-state index in [1.54, 1.807) is 24.3 Å². The summed E-state index contributed by atoms with van der Waals surface area (Å²) in [6.07, 6.45) is 2.81. The lowest BCUT2D eigenvalue weighted by atomic mass is 10.1. The lowest BCUT2D eigenvalue weighted by Gasteiger charge is -1.98. The number of carbonyl (C=O) groups is 1. The second-order valence-corrected chi connectivity index (χ2v) is 3.77. The quantitative estimate of drug-likeness (QED) is 0.661. The molecule has 0 saturated heterocycles. The summed E-state index contributed by atoms with van der Waals surface area (Å²) >= 11 is 0. The van der Waals surface area contributed by atoms with E-state index in [-0.39, 0.29) is 11.5 Å². The molecule has 18 heavy (non-hydrogen) atoms. The molecule has 2 nitrogen and oxygen atoms in total. The van der Waals surface area contributed by atoms with Gasteiger partial charge in [0.15, 0.2) is 5.78 Å². The Kier molecular flexibility index (Phi) is 3.53. The van der Waals surface area contributed by atoms with Crippen LogP contribution in [-0.2, 0) is 0 Å². The van der Waals surface area contributed by atoms with Crippen LogP contribution in [0.5, 0.6) is 5.75 Å². The van der Waals surface area contributed by atoms with Gasteiger partial charge in [-0.2, -0.15) is 0 Å². The second-order valence-electron chi connectivity index (χ2n) is 3.77. The van der Waals surface area contributed by atoms with Gasteiger partial charge >= 0.3 is 0 Å². The zero-order valence-corrected chi connectivity index (χ0v) is 9.51. The molecule has 3 heteroatoms. The van der Waals surface area contributed by atoms with Crippen LogP contribution in [0.1, 0.15) is 15.9 Å². The van der Waals surface area contributed by atoms with Crippen molar-refractivity contribution in [2.24, 2.45) is 0 Å². The minimum atomic E-state index is -0.515.